The van der Waals surface area contributed by atoms with Crippen molar-refractivity contribution in [1.82, 2.24) is 23.6 Å². The van der Waals surface area contributed by atoms with Gasteiger partial charge in [-0.05, 0) is 53.9 Å². The molecule has 44 heavy (non-hydrogen) atoms. The van der Waals surface area contributed by atoms with E-state index in [0.717, 1.165) is 9.13 Å². The van der Waals surface area contributed by atoms with Crippen molar-refractivity contribution in [3.8, 4) is 11.8 Å². The molecule has 1 atom stereocenters. The van der Waals surface area contributed by atoms with Crippen LogP contribution in [0.1, 0.15) is 69.2 Å². The SMILES string of the molecule is CC#CCn1c(N2CCN(C(=O)O)C(C(C)(C)C)C2)nc2c1c(=O)n(COC(=O)C(C)(C)C)c(=O)n2COC(=O)C(C)(C)C. The van der Waals surface area contributed by atoms with Crippen molar-refractivity contribution in [3.63, 3.8) is 0 Å². The minimum atomic E-state index is -1.03. The van der Waals surface area contributed by atoms with Gasteiger partial charge >= 0.3 is 23.7 Å². The normalized spacial score (nSPS) is 16.0. The van der Waals surface area contributed by atoms with Crippen molar-refractivity contribution in [2.45, 2.75) is 95.3 Å². The van der Waals surface area contributed by atoms with E-state index in [1.54, 1.807) is 53.0 Å². The third kappa shape index (κ3) is 7.09. The van der Waals surface area contributed by atoms with Crippen molar-refractivity contribution in [2.24, 2.45) is 16.2 Å². The number of ether oxygens (including phenoxy) is 2. The van der Waals surface area contributed by atoms with Gasteiger partial charge in [0, 0.05) is 19.6 Å². The molecule has 1 unspecified atom stereocenters. The van der Waals surface area contributed by atoms with E-state index in [-0.39, 0.29) is 37.3 Å². The Bertz CT molecular complexity index is 1620. The molecule has 1 amide bonds. The van der Waals surface area contributed by atoms with Gasteiger partial charge in [-0.25, -0.2) is 18.7 Å². The molecule has 3 rings (SSSR count). The highest BCUT2D eigenvalue weighted by Crippen LogP contribution is 2.31. The molecular weight excluding hydrogens is 572 g/mol. The summed E-state index contributed by atoms with van der Waals surface area (Å²) in [6.45, 7) is 16.9. The van der Waals surface area contributed by atoms with Crippen LogP contribution >= 0.6 is 0 Å². The average Bonchev–Trinajstić information content (AvgIpc) is 3.28. The summed E-state index contributed by atoms with van der Waals surface area (Å²) in [5.74, 6) is 4.86. The van der Waals surface area contributed by atoms with E-state index in [1.165, 1.54) is 4.90 Å². The first-order chi connectivity index (χ1) is 20.2. The van der Waals surface area contributed by atoms with Gasteiger partial charge in [0.05, 0.1) is 23.4 Å². The number of esters is 2. The van der Waals surface area contributed by atoms with Crippen molar-refractivity contribution >= 4 is 35.1 Å². The van der Waals surface area contributed by atoms with Crippen LogP contribution in [0.4, 0.5) is 10.7 Å². The molecule has 1 N–H and O–H groups in total. The van der Waals surface area contributed by atoms with Gasteiger partial charge in [-0.1, -0.05) is 26.7 Å². The van der Waals surface area contributed by atoms with Crippen LogP contribution in [0.25, 0.3) is 11.2 Å². The van der Waals surface area contributed by atoms with E-state index in [2.05, 4.69) is 11.8 Å². The number of hydrogen-bond acceptors (Lipinski definition) is 9. The summed E-state index contributed by atoms with van der Waals surface area (Å²) in [7, 11) is 0. The van der Waals surface area contributed by atoms with Gasteiger partial charge in [-0.3, -0.25) is 19.0 Å². The van der Waals surface area contributed by atoms with E-state index in [4.69, 9.17) is 14.5 Å². The number of carbonyl (C=O) groups excluding carboxylic acids is 2. The van der Waals surface area contributed by atoms with Crippen LogP contribution in [0.3, 0.4) is 0 Å². The third-order valence-corrected chi connectivity index (χ3v) is 7.29. The number of imidazole rings is 1. The standard InChI is InChI=1S/C30H44N6O8/c1-11-12-13-34-20-21(31-25(34)32-14-15-33(27(41)42)19(16-32)28(2,3)4)35(17-43-23(38)29(5,6)7)26(40)36(22(20)37)18-44-24(39)30(8,9)10/h19H,13-18H2,1-10H3,(H,41,42). The van der Waals surface area contributed by atoms with Gasteiger partial charge in [-0.2, -0.15) is 4.98 Å². The molecule has 0 spiro atoms. The first-order valence-corrected chi connectivity index (χ1v) is 14.4. The molecule has 14 nitrogen and oxygen atoms in total. The van der Waals surface area contributed by atoms with E-state index >= 15 is 0 Å². The number of amides is 1. The lowest BCUT2D eigenvalue weighted by Crippen LogP contribution is -2.60. The second kappa shape index (κ2) is 12.4. The van der Waals surface area contributed by atoms with Gasteiger partial charge in [0.25, 0.3) is 5.56 Å². The Morgan fingerprint density at radius 2 is 1.43 bits per heavy atom. The van der Waals surface area contributed by atoms with Crippen LogP contribution in [0, 0.1) is 28.1 Å². The zero-order valence-corrected chi connectivity index (χ0v) is 27.3. The maximum Gasteiger partial charge on any atom is 0.407 e. The van der Waals surface area contributed by atoms with Crippen molar-refractivity contribution in [2.75, 3.05) is 24.5 Å². The zero-order chi connectivity index (χ0) is 33.4. The Kier molecular flexibility index (Phi) is 9.62. The first kappa shape index (κ1) is 34.2. The van der Waals surface area contributed by atoms with Crippen LogP contribution in [0.5, 0.6) is 0 Å². The first-order valence-electron chi connectivity index (χ1n) is 14.4. The number of anilines is 1. The summed E-state index contributed by atoms with van der Waals surface area (Å²) in [6.07, 6.45) is -1.03. The average molecular weight is 617 g/mol. The lowest BCUT2D eigenvalue weighted by Gasteiger charge is -2.46. The quantitative estimate of drug-likeness (QED) is 0.378. The highest BCUT2D eigenvalue weighted by molar-refractivity contribution is 5.77. The Morgan fingerprint density at radius 3 is 1.91 bits per heavy atom. The largest absolute Gasteiger partial charge is 0.465 e. The molecular formula is C30H44N6O8. The molecule has 0 radical (unpaired) electrons. The fourth-order valence-corrected chi connectivity index (χ4v) is 4.67. The van der Waals surface area contributed by atoms with Gasteiger partial charge in [-0.15, -0.1) is 5.92 Å². The summed E-state index contributed by atoms with van der Waals surface area (Å²) >= 11 is 0. The Hall–Kier alpha value is -4.28. The number of fused-ring (bicyclic) bond motifs is 1. The molecule has 0 saturated carbocycles. The van der Waals surface area contributed by atoms with Crippen molar-refractivity contribution < 1.29 is 29.0 Å². The van der Waals surface area contributed by atoms with Crippen LogP contribution in [-0.2, 0) is 39.1 Å². The minimum absolute atomic E-state index is 0.00561. The predicted octanol–water partition coefficient (Wildman–Crippen LogP) is 2.69. The summed E-state index contributed by atoms with van der Waals surface area (Å²) in [6, 6.07) is -0.414. The van der Waals surface area contributed by atoms with Crippen LogP contribution in [0.2, 0.25) is 0 Å². The molecule has 2 aromatic rings. The number of piperazine rings is 1. The van der Waals surface area contributed by atoms with Gasteiger partial charge in [0.1, 0.15) is 0 Å². The minimum Gasteiger partial charge on any atom is -0.465 e. The number of hydrogen-bond donors (Lipinski definition) is 1. The molecule has 0 bridgehead atoms. The van der Waals surface area contributed by atoms with E-state index in [1.807, 2.05) is 25.7 Å². The lowest BCUT2D eigenvalue weighted by molar-refractivity contribution is -0.157. The third-order valence-electron chi connectivity index (χ3n) is 7.29. The number of rotatable bonds is 6. The maximum atomic E-state index is 13.9. The van der Waals surface area contributed by atoms with Crippen molar-refractivity contribution in [3.05, 3.63) is 20.8 Å². The molecule has 1 fully saturated rings. The smallest absolute Gasteiger partial charge is 0.407 e. The van der Waals surface area contributed by atoms with Crippen LogP contribution in [0.15, 0.2) is 9.59 Å². The monoisotopic (exact) mass is 616 g/mol. The fraction of sp³-hybridized carbons (Fsp3) is 0.667. The molecule has 1 aliphatic rings. The molecule has 242 valence electrons. The molecule has 0 aliphatic carbocycles. The number of carbonyl (C=O) groups is 3. The number of aromatic nitrogens is 4. The second-order valence-corrected chi connectivity index (χ2v) is 14.0. The number of carboxylic acid groups (broad SMARTS) is 1. The lowest BCUT2D eigenvalue weighted by atomic mass is 9.84. The Balaban J connectivity index is 2.28. The topological polar surface area (TPSA) is 158 Å². The molecule has 2 aromatic heterocycles. The molecule has 1 aliphatic heterocycles. The highest BCUT2D eigenvalue weighted by Gasteiger charge is 2.40. The van der Waals surface area contributed by atoms with Crippen molar-refractivity contribution in [1.29, 1.82) is 0 Å². The van der Waals surface area contributed by atoms with Gasteiger partial charge in [0.15, 0.2) is 24.6 Å². The van der Waals surface area contributed by atoms with E-state index in [9.17, 15) is 29.1 Å². The maximum absolute atomic E-state index is 13.9. The Labute approximate surface area is 256 Å². The van der Waals surface area contributed by atoms with E-state index < -0.39 is 65.0 Å². The zero-order valence-electron chi connectivity index (χ0n) is 27.3. The summed E-state index contributed by atoms with van der Waals surface area (Å²) in [4.78, 5) is 72.9. The van der Waals surface area contributed by atoms with Crippen LogP contribution < -0.4 is 16.1 Å². The molecule has 0 aromatic carbocycles. The van der Waals surface area contributed by atoms with E-state index in [0.29, 0.717) is 5.95 Å². The molecule has 1 saturated heterocycles. The summed E-state index contributed by atoms with van der Waals surface area (Å²) in [5, 5.41) is 9.86. The summed E-state index contributed by atoms with van der Waals surface area (Å²) < 4.78 is 14.2. The molecule has 3 heterocycles. The Morgan fingerprint density at radius 1 is 0.886 bits per heavy atom. The highest BCUT2D eigenvalue weighted by atomic mass is 16.6. The fourth-order valence-electron chi connectivity index (χ4n) is 4.67. The second-order valence-electron chi connectivity index (χ2n) is 14.0. The number of nitrogens with zero attached hydrogens (tertiary/aromatic N) is 6. The van der Waals surface area contributed by atoms with Crippen LogP contribution in [-0.4, -0.2) is 72.4 Å². The van der Waals surface area contributed by atoms with Gasteiger partial charge in [0.2, 0.25) is 5.95 Å². The summed E-state index contributed by atoms with van der Waals surface area (Å²) in [5.41, 5.74) is -3.88. The predicted molar refractivity (Wildman–Crippen MR) is 163 cm³/mol. The van der Waals surface area contributed by atoms with Gasteiger partial charge < -0.3 is 24.4 Å². The molecule has 14 heteroatoms.